The van der Waals surface area contributed by atoms with Crippen molar-refractivity contribution in [2.24, 2.45) is 0 Å². The van der Waals surface area contributed by atoms with Crippen LogP contribution >= 0.6 is 0 Å². The Labute approximate surface area is 181 Å². The van der Waals surface area contributed by atoms with Crippen molar-refractivity contribution < 1.29 is 0 Å². The highest BCUT2D eigenvalue weighted by atomic mass is 16.1. The van der Waals surface area contributed by atoms with Crippen LogP contribution in [0.15, 0.2) is 47.5 Å². The summed E-state index contributed by atoms with van der Waals surface area (Å²) in [6, 6.07) is 10.5. The van der Waals surface area contributed by atoms with Crippen LogP contribution in [0.2, 0.25) is 0 Å². The Kier molecular flexibility index (Phi) is 4.59. The lowest BCUT2D eigenvalue weighted by Crippen LogP contribution is -2.36. The van der Waals surface area contributed by atoms with E-state index in [9.17, 15) is 4.79 Å². The Morgan fingerprint density at radius 3 is 2.61 bits per heavy atom. The van der Waals surface area contributed by atoms with Gasteiger partial charge in [-0.3, -0.25) is 14.8 Å². The van der Waals surface area contributed by atoms with E-state index in [-0.39, 0.29) is 11.0 Å². The van der Waals surface area contributed by atoms with Crippen molar-refractivity contribution in [2.45, 2.75) is 52.6 Å². The maximum atomic E-state index is 13.2. The van der Waals surface area contributed by atoms with Crippen LogP contribution in [-0.4, -0.2) is 35.6 Å². The van der Waals surface area contributed by atoms with E-state index in [4.69, 9.17) is 4.98 Å². The normalized spacial score (nSPS) is 14.8. The molecule has 4 heterocycles. The minimum absolute atomic E-state index is 0.0196. The second kappa shape index (κ2) is 7.20. The van der Waals surface area contributed by atoms with Gasteiger partial charge in [0, 0.05) is 61.3 Å². The van der Waals surface area contributed by atoms with Gasteiger partial charge in [0.1, 0.15) is 5.82 Å². The fourth-order valence-corrected chi connectivity index (χ4v) is 4.23. The number of hydrogen-bond donors (Lipinski definition) is 1. The summed E-state index contributed by atoms with van der Waals surface area (Å²) in [7, 11) is 0. The van der Waals surface area contributed by atoms with Gasteiger partial charge in [0.05, 0.1) is 11.3 Å². The molecule has 1 aromatic carbocycles. The summed E-state index contributed by atoms with van der Waals surface area (Å²) in [4.78, 5) is 24.6. The SMILES string of the molecule is Cc1nccn1-c1ccc(CN2CCc3nc4cc(C(C)(C)C)[nH]n4c(=O)c3C2)cc1. The Hall–Kier alpha value is -3.19. The summed E-state index contributed by atoms with van der Waals surface area (Å²) < 4.78 is 3.67. The number of nitrogens with zero attached hydrogens (tertiary/aromatic N) is 5. The van der Waals surface area contributed by atoms with Gasteiger partial charge in [0.15, 0.2) is 5.65 Å². The van der Waals surface area contributed by atoms with Gasteiger partial charge in [-0.2, -0.15) is 0 Å². The summed E-state index contributed by atoms with van der Waals surface area (Å²) >= 11 is 0. The standard InChI is InChI=1S/C24H28N6O/c1-16-25-10-12-29(16)18-7-5-17(6-8-18)14-28-11-9-20-19(15-28)23(31)30-22(26-20)13-21(27-30)24(2,3)4/h5-8,10,12-13,27H,9,11,14-15H2,1-4H3. The Bertz CT molecular complexity index is 1300. The lowest BCUT2D eigenvalue weighted by Gasteiger charge is -2.27. The number of aryl methyl sites for hydroxylation is 1. The molecule has 7 heteroatoms. The quantitative estimate of drug-likeness (QED) is 0.556. The molecule has 0 radical (unpaired) electrons. The molecule has 7 nitrogen and oxygen atoms in total. The van der Waals surface area contributed by atoms with Crippen molar-refractivity contribution in [2.75, 3.05) is 6.54 Å². The minimum atomic E-state index is -0.0614. The van der Waals surface area contributed by atoms with E-state index in [0.717, 1.165) is 48.0 Å². The highest BCUT2D eigenvalue weighted by Crippen LogP contribution is 2.23. The zero-order chi connectivity index (χ0) is 21.8. The number of fused-ring (bicyclic) bond motifs is 2. The predicted octanol–water partition coefficient (Wildman–Crippen LogP) is 3.37. The highest BCUT2D eigenvalue weighted by molar-refractivity contribution is 5.44. The van der Waals surface area contributed by atoms with Crippen LogP contribution in [-0.2, 0) is 24.9 Å². The summed E-state index contributed by atoms with van der Waals surface area (Å²) in [5, 5.41) is 3.26. The van der Waals surface area contributed by atoms with Gasteiger partial charge >= 0.3 is 0 Å². The van der Waals surface area contributed by atoms with Crippen molar-refractivity contribution in [3.05, 3.63) is 81.4 Å². The molecule has 1 aliphatic rings. The fraction of sp³-hybridized carbons (Fsp3) is 0.375. The van der Waals surface area contributed by atoms with Crippen molar-refractivity contribution in [1.82, 2.24) is 29.0 Å². The molecule has 160 valence electrons. The molecule has 0 amide bonds. The van der Waals surface area contributed by atoms with Crippen LogP contribution < -0.4 is 5.56 Å². The third kappa shape index (κ3) is 3.59. The summed E-state index contributed by atoms with van der Waals surface area (Å²) in [6.07, 6.45) is 4.58. The van der Waals surface area contributed by atoms with Crippen LogP contribution in [0.4, 0.5) is 0 Å². The van der Waals surface area contributed by atoms with Crippen LogP contribution in [0.1, 0.15) is 49.1 Å². The first-order chi connectivity index (χ1) is 14.8. The molecule has 0 saturated heterocycles. The molecule has 1 N–H and O–H groups in total. The maximum Gasteiger partial charge on any atom is 0.277 e. The molecule has 3 aromatic heterocycles. The average Bonchev–Trinajstić information content (AvgIpc) is 3.36. The first kappa shape index (κ1) is 19.8. The summed E-state index contributed by atoms with van der Waals surface area (Å²) in [5.41, 5.74) is 5.77. The van der Waals surface area contributed by atoms with Crippen LogP contribution in [0, 0.1) is 6.92 Å². The van der Waals surface area contributed by atoms with Crippen LogP contribution in [0.25, 0.3) is 11.3 Å². The molecule has 0 atom stereocenters. The molecule has 0 aliphatic carbocycles. The number of benzene rings is 1. The fourth-order valence-electron chi connectivity index (χ4n) is 4.23. The number of aromatic amines is 1. The summed E-state index contributed by atoms with van der Waals surface area (Å²) in [6.45, 7) is 10.7. The van der Waals surface area contributed by atoms with E-state index in [2.05, 4.69) is 64.6 Å². The third-order valence-corrected chi connectivity index (χ3v) is 6.09. The molecule has 0 bridgehead atoms. The van der Waals surface area contributed by atoms with Crippen molar-refractivity contribution in [3.8, 4) is 5.69 Å². The van der Waals surface area contributed by atoms with Crippen LogP contribution in [0.5, 0.6) is 0 Å². The topological polar surface area (TPSA) is 71.2 Å². The first-order valence-corrected chi connectivity index (χ1v) is 10.8. The highest BCUT2D eigenvalue weighted by Gasteiger charge is 2.24. The van der Waals surface area contributed by atoms with Gasteiger partial charge in [0.2, 0.25) is 0 Å². The summed E-state index contributed by atoms with van der Waals surface area (Å²) in [5.74, 6) is 0.971. The van der Waals surface area contributed by atoms with E-state index in [1.165, 1.54) is 5.56 Å². The number of aromatic nitrogens is 5. The third-order valence-electron chi connectivity index (χ3n) is 6.09. The number of nitrogens with one attached hydrogen (secondary N) is 1. The lowest BCUT2D eigenvalue weighted by atomic mass is 9.93. The van der Waals surface area contributed by atoms with Crippen molar-refractivity contribution >= 4 is 5.65 Å². The zero-order valence-electron chi connectivity index (χ0n) is 18.5. The minimum Gasteiger partial charge on any atom is -0.304 e. The second-order valence-corrected chi connectivity index (χ2v) is 9.43. The van der Waals surface area contributed by atoms with Gasteiger partial charge < -0.3 is 4.57 Å². The number of rotatable bonds is 3. The first-order valence-electron chi connectivity index (χ1n) is 10.8. The molecular weight excluding hydrogens is 388 g/mol. The molecule has 0 fully saturated rings. The van der Waals surface area contributed by atoms with Gasteiger partial charge in [-0.15, -0.1) is 0 Å². The van der Waals surface area contributed by atoms with E-state index in [0.29, 0.717) is 12.2 Å². The van der Waals surface area contributed by atoms with Gasteiger partial charge in [-0.05, 0) is 24.6 Å². The van der Waals surface area contributed by atoms with Gasteiger partial charge in [0.25, 0.3) is 5.56 Å². The van der Waals surface area contributed by atoms with Crippen molar-refractivity contribution in [1.29, 1.82) is 0 Å². The molecule has 4 aromatic rings. The number of H-pyrrole nitrogens is 1. The van der Waals surface area contributed by atoms with E-state index < -0.39 is 0 Å². The van der Waals surface area contributed by atoms with Crippen molar-refractivity contribution in [3.63, 3.8) is 0 Å². The monoisotopic (exact) mass is 416 g/mol. The molecule has 5 rings (SSSR count). The molecular formula is C24H28N6O. The number of hydrogen-bond acceptors (Lipinski definition) is 4. The Balaban J connectivity index is 1.38. The largest absolute Gasteiger partial charge is 0.304 e. The molecule has 1 aliphatic heterocycles. The van der Waals surface area contributed by atoms with E-state index in [1.807, 2.05) is 25.4 Å². The predicted molar refractivity (Wildman–Crippen MR) is 121 cm³/mol. The Morgan fingerprint density at radius 2 is 1.94 bits per heavy atom. The second-order valence-electron chi connectivity index (χ2n) is 9.43. The molecule has 0 spiro atoms. The van der Waals surface area contributed by atoms with Gasteiger partial charge in [-0.25, -0.2) is 14.5 Å². The number of imidazole rings is 1. The van der Waals surface area contributed by atoms with Gasteiger partial charge in [-0.1, -0.05) is 32.9 Å². The Morgan fingerprint density at radius 1 is 1.16 bits per heavy atom. The average molecular weight is 417 g/mol. The molecule has 31 heavy (non-hydrogen) atoms. The molecule has 0 saturated carbocycles. The zero-order valence-corrected chi connectivity index (χ0v) is 18.5. The van der Waals surface area contributed by atoms with E-state index in [1.54, 1.807) is 4.52 Å². The maximum absolute atomic E-state index is 13.2. The van der Waals surface area contributed by atoms with E-state index >= 15 is 0 Å². The molecule has 0 unspecified atom stereocenters. The van der Waals surface area contributed by atoms with Crippen LogP contribution in [0.3, 0.4) is 0 Å². The lowest BCUT2D eigenvalue weighted by molar-refractivity contribution is 0.241. The smallest absolute Gasteiger partial charge is 0.277 e.